The molecular formula is C47H40ClN5. The molecule has 8 aromatic rings. The Balaban J connectivity index is 1.15. The van der Waals surface area contributed by atoms with Crippen molar-refractivity contribution in [3.05, 3.63) is 185 Å². The highest BCUT2D eigenvalue weighted by atomic mass is 35.5. The van der Waals surface area contributed by atoms with E-state index in [0.717, 1.165) is 62.8 Å². The summed E-state index contributed by atoms with van der Waals surface area (Å²) in [5.41, 5.74) is 14.9. The highest BCUT2D eigenvalue weighted by molar-refractivity contribution is 6.36. The molecule has 1 N–H and O–H groups in total. The van der Waals surface area contributed by atoms with Crippen LogP contribution in [0.15, 0.2) is 158 Å². The molecule has 53 heavy (non-hydrogen) atoms. The zero-order valence-corrected chi connectivity index (χ0v) is 30.8. The zero-order chi connectivity index (χ0) is 36.3. The summed E-state index contributed by atoms with van der Waals surface area (Å²) in [7, 11) is 0. The Kier molecular flexibility index (Phi) is 9.49. The van der Waals surface area contributed by atoms with E-state index in [9.17, 15) is 0 Å². The van der Waals surface area contributed by atoms with Crippen LogP contribution in [0.25, 0.3) is 39.4 Å². The average molecular weight is 710 g/mol. The van der Waals surface area contributed by atoms with Crippen LogP contribution in [0.4, 0.5) is 22.7 Å². The van der Waals surface area contributed by atoms with Gasteiger partial charge in [0.1, 0.15) is 5.82 Å². The minimum atomic E-state index is 0.659. The largest absolute Gasteiger partial charge is 0.354 e. The van der Waals surface area contributed by atoms with Gasteiger partial charge in [0.25, 0.3) is 0 Å². The molecule has 0 saturated heterocycles. The fourth-order valence-corrected chi connectivity index (χ4v) is 7.31. The topological polar surface area (TPSA) is 46.0 Å². The van der Waals surface area contributed by atoms with E-state index in [1.807, 2.05) is 36.5 Å². The third-order valence-electron chi connectivity index (χ3n) is 9.78. The maximum absolute atomic E-state index is 7.39. The molecule has 0 unspecified atom stereocenters. The lowest BCUT2D eigenvalue weighted by Crippen LogP contribution is -2.17. The first-order valence-corrected chi connectivity index (χ1v) is 18.4. The molecule has 6 aromatic carbocycles. The lowest BCUT2D eigenvalue weighted by atomic mass is 10.1. The SMILES string of the molecule is CCc1cc(Nc2ccc(-c3nc4ccccc4n3-c3c(C)cccc3C)cc2)c(Cl)c(N(Cc2ccccc2)c2ccc(-c3ccccn3)cc2)c1. The molecule has 0 spiro atoms. The molecule has 5 nitrogen and oxygen atoms in total. The normalized spacial score (nSPS) is 11.2. The number of nitrogens with zero attached hydrogens (tertiary/aromatic N) is 4. The van der Waals surface area contributed by atoms with Gasteiger partial charge in [0.05, 0.1) is 38.8 Å². The molecule has 2 aromatic heterocycles. The van der Waals surface area contributed by atoms with Crippen molar-refractivity contribution in [1.29, 1.82) is 0 Å². The van der Waals surface area contributed by atoms with Gasteiger partial charge in [-0.1, -0.05) is 97.4 Å². The maximum atomic E-state index is 7.39. The Morgan fingerprint density at radius 2 is 1.38 bits per heavy atom. The van der Waals surface area contributed by atoms with Crippen LogP contribution < -0.4 is 10.2 Å². The number of imidazole rings is 1. The van der Waals surface area contributed by atoms with E-state index >= 15 is 0 Å². The van der Waals surface area contributed by atoms with Gasteiger partial charge < -0.3 is 10.2 Å². The van der Waals surface area contributed by atoms with Crippen molar-refractivity contribution < 1.29 is 0 Å². The van der Waals surface area contributed by atoms with Crippen molar-refractivity contribution in [3.63, 3.8) is 0 Å². The first-order chi connectivity index (χ1) is 26.0. The van der Waals surface area contributed by atoms with Gasteiger partial charge in [-0.05, 0) is 115 Å². The number of anilines is 4. The van der Waals surface area contributed by atoms with Gasteiger partial charge in [0, 0.05) is 35.2 Å². The van der Waals surface area contributed by atoms with Gasteiger partial charge in [-0.15, -0.1) is 0 Å². The molecule has 0 fully saturated rings. The molecule has 0 aliphatic rings. The van der Waals surface area contributed by atoms with Crippen LogP contribution in [-0.4, -0.2) is 14.5 Å². The van der Waals surface area contributed by atoms with Gasteiger partial charge in [-0.25, -0.2) is 4.98 Å². The van der Waals surface area contributed by atoms with Crippen LogP contribution in [0, 0.1) is 13.8 Å². The van der Waals surface area contributed by atoms with E-state index in [-0.39, 0.29) is 0 Å². The average Bonchev–Trinajstić information content (AvgIpc) is 3.58. The van der Waals surface area contributed by atoms with E-state index in [4.69, 9.17) is 16.6 Å². The van der Waals surface area contributed by atoms with E-state index < -0.39 is 0 Å². The number of aromatic nitrogens is 3. The Morgan fingerprint density at radius 1 is 0.679 bits per heavy atom. The second kappa shape index (κ2) is 14.8. The van der Waals surface area contributed by atoms with Gasteiger partial charge in [-0.2, -0.15) is 0 Å². The van der Waals surface area contributed by atoms with Crippen LogP contribution >= 0.6 is 11.6 Å². The van der Waals surface area contributed by atoms with Gasteiger partial charge in [0.2, 0.25) is 0 Å². The molecule has 0 aliphatic heterocycles. The maximum Gasteiger partial charge on any atom is 0.145 e. The molecule has 260 valence electrons. The van der Waals surface area contributed by atoms with Crippen LogP contribution in [0.3, 0.4) is 0 Å². The van der Waals surface area contributed by atoms with Crippen LogP contribution in [0.1, 0.15) is 29.2 Å². The zero-order valence-electron chi connectivity index (χ0n) is 30.1. The summed E-state index contributed by atoms with van der Waals surface area (Å²) >= 11 is 7.39. The number of hydrogen-bond acceptors (Lipinski definition) is 4. The van der Waals surface area contributed by atoms with Crippen LogP contribution in [0.5, 0.6) is 0 Å². The highest BCUT2D eigenvalue weighted by Crippen LogP contribution is 2.41. The number of aryl methyl sites for hydroxylation is 3. The lowest BCUT2D eigenvalue weighted by Gasteiger charge is -2.28. The fraction of sp³-hybridized carbons (Fsp3) is 0.106. The number of halogens is 1. The molecule has 0 atom stereocenters. The predicted octanol–water partition coefficient (Wildman–Crippen LogP) is 12.7. The number of nitrogens with one attached hydrogen (secondary N) is 1. The Labute approximate surface area is 316 Å². The van der Waals surface area contributed by atoms with Crippen molar-refractivity contribution in [1.82, 2.24) is 14.5 Å². The third kappa shape index (κ3) is 6.92. The molecule has 8 rings (SSSR count). The number of benzene rings is 6. The first-order valence-electron chi connectivity index (χ1n) is 18.0. The van der Waals surface area contributed by atoms with Crippen molar-refractivity contribution in [2.75, 3.05) is 10.2 Å². The first kappa shape index (κ1) is 33.9. The minimum Gasteiger partial charge on any atom is -0.354 e. The van der Waals surface area contributed by atoms with Gasteiger partial charge in [-0.3, -0.25) is 9.55 Å². The summed E-state index contributed by atoms with van der Waals surface area (Å²) in [5, 5.41) is 4.32. The molecular weight excluding hydrogens is 670 g/mol. The molecule has 0 radical (unpaired) electrons. The summed E-state index contributed by atoms with van der Waals surface area (Å²) in [6, 6.07) is 52.7. The Hall–Kier alpha value is -6.17. The van der Waals surface area contributed by atoms with Crippen molar-refractivity contribution in [3.8, 4) is 28.3 Å². The smallest absolute Gasteiger partial charge is 0.145 e. The second-order valence-electron chi connectivity index (χ2n) is 13.4. The van der Waals surface area contributed by atoms with Crippen LogP contribution in [0.2, 0.25) is 5.02 Å². The van der Waals surface area contributed by atoms with Crippen molar-refractivity contribution in [2.24, 2.45) is 0 Å². The molecule has 0 bridgehead atoms. The quantitative estimate of drug-likeness (QED) is 0.154. The summed E-state index contributed by atoms with van der Waals surface area (Å²) in [5.74, 6) is 0.911. The molecule has 6 heteroatoms. The van der Waals surface area contributed by atoms with E-state index in [1.54, 1.807) is 0 Å². The molecule has 0 aliphatic carbocycles. The number of fused-ring (bicyclic) bond motifs is 1. The van der Waals surface area contributed by atoms with Gasteiger partial charge >= 0.3 is 0 Å². The molecule has 0 saturated carbocycles. The summed E-state index contributed by atoms with van der Waals surface area (Å²) < 4.78 is 2.29. The number of para-hydroxylation sites is 3. The standard InChI is InChI=1S/C47H40ClN5/c1-4-34-29-42(45(48)44(30-34)52(31-35-15-6-5-7-16-35)39-26-22-36(23-27-39)40-17-10-11-28-49-40)50-38-24-20-37(21-25-38)47-51-41-18-8-9-19-43(41)53(47)46-32(2)13-12-14-33(46)3/h5-30,50H,4,31H2,1-3H3. The Morgan fingerprint density at radius 3 is 2.09 bits per heavy atom. The predicted molar refractivity (Wildman–Crippen MR) is 222 cm³/mol. The van der Waals surface area contributed by atoms with E-state index in [0.29, 0.717) is 11.6 Å². The third-order valence-corrected chi connectivity index (χ3v) is 10.2. The molecule has 0 amide bonds. The van der Waals surface area contributed by atoms with E-state index in [2.05, 4.69) is 162 Å². The monoisotopic (exact) mass is 709 g/mol. The molecule has 2 heterocycles. The number of pyridine rings is 1. The second-order valence-corrected chi connectivity index (χ2v) is 13.7. The van der Waals surface area contributed by atoms with Gasteiger partial charge in [0.15, 0.2) is 0 Å². The van der Waals surface area contributed by atoms with Crippen molar-refractivity contribution >= 4 is 45.4 Å². The van der Waals surface area contributed by atoms with Crippen molar-refractivity contribution in [2.45, 2.75) is 33.7 Å². The summed E-state index contributed by atoms with van der Waals surface area (Å²) in [6.07, 6.45) is 2.69. The lowest BCUT2D eigenvalue weighted by molar-refractivity contribution is 0.971. The Bertz CT molecular complexity index is 2490. The minimum absolute atomic E-state index is 0.659. The number of rotatable bonds is 10. The summed E-state index contributed by atoms with van der Waals surface area (Å²) in [6.45, 7) is 7.16. The van der Waals surface area contributed by atoms with Crippen LogP contribution in [-0.2, 0) is 13.0 Å². The highest BCUT2D eigenvalue weighted by Gasteiger charge is 2.20. The van der Waals surface area contributed by atoms with E-state index in [1.165, 1.54) is 27.9 Å². The fourth-order valence-electron chi connectivity index (χ4n) is 7.05. The summed E-state index contributed by atoms with van der Waals surface area (Å²) in [4.78, 5) is 12.0. The number of hydrogen-bond donors (Lipinski definition) is 1.